The Morgan fingerprint density at radius 1 is 1.38 bits per heavy atom. The van der Waals surface area contributed by atoms with Gasteiger partial charge in [0.1, 0.15) is 0 Å². The van der Waals surface area contributed by atoms with E-state index in [1.807, 2.05) is 0 Å². The standard InChI is InChI=1S/C12H21NO3/c1-4-16-12(15)6-5-11(14)13(3)8-10-7-9(10)2/h9-10H,4-8H2,1-3H3. The van der Waals surface area contributed by atoms with Crippen LogP contribution in [0.3, 0.4) is 0 Å². The van der Waals surface area contributed by atoms with E-state index in [0.717, 1.165) is 12.5 Å². The lowest BCUT2D eigenvalue weighted by Crippen LogP contribution is -2.29. The first kappa shape index (κ1) is 13.0. The van der Waals surface area contributed by atoms with Crippen molar-refractivity contribution in [3.05, 3.63) is 0 Å². The topological polar surface area (TPSA) is 46.6 Å². The molecular weight excluding hydrogens is 206 g/mol. The second-order valence-corrected chi connectivity index (χ2v) is 4.55. The highest BCUT2D eigenvalue weighted by Gasteiger charge is 2.34. The molecule has 1 rings (SSSR count). The number of amides is 1. The van der Waals surface area contributed by atoms with Gasteiger partial charge in [-0.3, -0.25) is 9.59 Å². The van der Waals surface area contributed by atoms with Crippen molar-refractivity contribution in [2.75, 3.05) is 20.2 Å². The minimum Gasteiger partial charge on any atom is -0.466 e. The maximum atomic E-state index is 11.6. The van der Waals surface area contributed by atoms with E-state index in [0.29, 0.717) is 12.5 Å². The summed E-state index contributed by atoms with van der Waals surface area (Å²) in [6.45, 7) is 5.16. The van der Waals surface area contributed by atoms with Crippen LogP contribution in [0.25, 0.3) is 0 Å². The molecule has 0 aliphatic heterocycles. The van der Waals surface area contributed by atoms with Crippen molar-refractivity contribution in [1.82, 2.24) is 4.90 Å². The molecule has 0 heterocycles. The fraction of sp³-hybridized carbons (Fsp3) is 0.833. The largest absolute Gasteiger partial charge is 0.466 e. The molecule has 0 N–H and O–H groups in total. The fourth-order valence-corrected chi connectivity index (χ4v) is 1.74. The Balaban J connectivity index is 2.16. The van der Waals surface area contributed by atoms with E-state index in [2.05, 4.69) is 6.92 Å². The van der Waals surface area contributed by atoms with Crippen LogP contribution in [-0.4, -0.2) is 37.0 Å². The molecule has 4 nitrogen and oxygen atoms in total. The summed E-state index contributed by atoms with van der Waals surface area (Å²) < 4.78 is 4.77. The van der Waals surface area contributed by atoms with Gasteiger partial charge in [-0.05, 0) is 25.2 Å². The van der Waals surface area contributed by atoms with Crippen LogP contribution in [0.1, 0.15) is 33.1 Å². The Morgan fingerprint density at radius 2 is 2.00 bits per heavy atom. The molecule has 4 heteroatoms. The average Bonchev–Trinajstić information content (AvgIpc) is 2.91. The fourth-order valence-electron chi connectivity index (χ4n) is 1.74. The third-order valence-electron chi connectivity index (χ3n) is 3.06. The Kier molecular flexibility index (Phi) is 4.77. The molecular formula is C12H21NO3. The number of esters is 1. The number of hydrogen-bond acceptors (Lipinski definition) is 3. The van der Waals surface area contributed by atoms with Crippen molar-refractivity contribution in [2.45, 2.75) is 33.1 Å². The summed E-state index contributed by atoms with van der Waals surface area (Å²) >= 11 is 0. The maximum Gasteiger partial charge on any atom is 0.306 e. The molecule has 92 valence electrons. The van der Waals surface area contributed by atoms with Crippen LogP contribution < -0.4 is 0 Å². The zero-order valence-electron chi connectivity index (χ0n) is 10.4. The third-order valence-corrected chi connectivity index (χ3v) is 3.06. The van der Waals surface area contributed by atoms with Crippen LogP contribution in [0.15, 0.2) is 0 Å². The summed E-state index contributed by atoms with van der Waals surface area (Å²) in [7, 11) is 1.80. The molecule has 2 unspecified atom stereocenters. The maximum absolute atomic E-state index is 11.6. The van der Waals surface area contributed by atoms with E-state index >= 15 is 0 Å². The molecule has 1 saturated carbocycles. The van der Waals surface area contributed by atoms with Crippen molar-refractivity contribution in [2.24, 2.45) is 11.8 Å². The number of hydrogen-bond donors (Lipinski definition) is 0. The lowest BCUT2D eigenvalue weighted by molar-refractivity contribution is -0.145. The van der Waals surface area contributed by atoms with Crippen LogP contribution in [0, 0.1) is 11.8 Å². The predicted octanol–water partition coefficient (Wildman–Crippen LogP) is 1.44. The highest BCUT2D eigenvalue weighted by atomic mass is 16.5. The van der Waals surface area contributed by atoms with Gasteiger partial charge < -0.3 is 9.64 Å². The Bertz CT molecular complexity index is 265. The molecule has 0 aromatic rings. The second kappa shape index (κ2) is 5.87. The van der Waals surface area contributed by atoms with E-state index in [1.54, 1.807) is 18.9 Å². The number of carbonyl (C=O) groups is 2. The van der Waals surface area contributed by atoms with Gasteiger partial charge in [-0.2, -0.15) is 0 Å². The summed E-state index contributed by atoms with van der Waals surface area (Å²) in [6.07, 6.45) is 1.67. The lowest BCUT2D eigenvalue weighted by Gasteiger charge is -2.16. The Morgan fingerprint density at radius 3 is 2.50 bits per heavy atom. The first-order valence-corrected chi connectivity index (χ1v) is 5.94. The highest BCUT2D eigenvalue weighted by molar-refractivity contribution is 5.81. The SMILES string of the molecule is CCOC(=O)CCC(=O)N(C)CC1CC1C. The molecule has 1 fully saturated rings. The van der Waals surface area contributed by atoms with E-state index in [-0.39, 0.29) is 24.7 Å². The smallest absolute Gasteiger partial charge is 0.306 e. The molecule has 1 amide bonds. The summed E-state index contributed by atoms with van der Waals surface area (Å²) in [5.74, 6) is 1.16. The number of rotatable bonds is 6. The first-order chi connectivity index (χ1) is 7.54. The minimum absolute atomic E-state index is 0.0344. The third kappa shape index (κ3) is 4.21. The highest BCUT2D eigenvalue weighted by Crippen LogP contribution is 2.37. The van der Waals surface area contributed by atoms with Crippen LogP contribution in [0.5, 0.6) is 0 Å². The Labute approximate surface area is 96.9 Å². The van der Waals surface area contributed by atoms with Crippen LogP contribution in [0.4, 0.5) is 0 Å². The summed E-state index contributed by atoms with van der Waals surface area (Å²) in [5.41, 5.74) is 0. The zero-order valence-corrected chi connectivity index (χ0v) is 10.4. The van der Waals surface area contributed by atoms with Crippen LogP contribution in [-0.2, 0) is 14.3 Å². The monoisotopic (exact) mass is 227 g/mol. The first-order valence-electron chi connectivity index (χ1n) is 5.94. The lowest BCUT2D eigenvalue weighted by atomic mass is 10.2. The second-order valence-electron chi connectivity index (χ2n) is 4.55. The van der Waals surface area contributed by atoms with Crippen LogP contribution >= 0.6 is 0 Å². The minimum atomic E-state index is -0.288. The summed E-state index contributed by atoms with van der Waals surface area (Å²) in [6, 6.07) is 0. The molecule has 1 aliphatic rings. The molecule has 0 bridgehead atoms. The van der Waals surface area contributed by atoms with Crippen molar-refractivity contribution in [3.8, 4) is 0 Å². The van der Waals surface area contributed by atoms with Gasteiger partial charge in [-0.1, -0.05) is 6.92 Å². The molecule has 0 saturated heterocycles. The molecule has 0 spiro atoms. The normalized spacial score (nSPS) is 22.7. The number of ether oxygens (including phenoxy) is 1. The predicted molar refractivity (Wildman–Crippen MR) is 60.8 cm³/mol. The van der Waals surface area contributed by atoms with E-state index in [1.165, 1.54) is 6.42 Å². The van der Waals surface area contributed by atoms with Gasteiger partial charge in [0.2, 0.25) is 5.91 Å². The molecule has 1 aliphatic carbocycles. The molecule has 0 aromatic heterocycles. The summed E-state index contributed by atoms with van der Waals surface area (Å²) in [4.78, 5) is 24.4. The number of nitrogens with zero attached hydrogens (tertiary/aromatic N) is 1. The van der Waals surface area contributed by atoms with Gasteiger partial charge in [-0.15, -0.1) is 0 Å². The van der Waals surface area contributed by atoms with E-state index in [4.69, 9.17) is 4.74 Å². The molecule has 0 aromatic carbocycles. The van der Waals surface area contributed by atoms with E-state index < -0.39 is 0 Å². The van der Waals surface area contributed by atoms with Crippen molar-refractivity contribution in [3.63, 3.8) is 0 Å². The van der Waals surface area contributed by atoms with Gasteiger partial charge in [0, 0.05) is 20.0 Å². The molecule has 16 heavy (non-hydrogen) atoms. The van der Waals surface area contributed by atoms with Crippen molar-refractivity contribution in [1.29, 1.82) is 0 Å². The van der Waals surface area contributed by atoms with Crippen LogP contribution in [0.2, 0.25) is 0 Å². The zero-order chi connectivity index (χ0) is 12.1. The van der Waals surface area contributed by atoms with Gasteiger partial charge >= 0.3 is 5.97 Å². The molecule has 2 atom stereocenters. The molecule has 0 radical (unpaired) electrons. The summed E-state index contributed by atoms with van der Waals surface area (Å²) in [5, 5.41) is 0. The van der Waals surface area contributed by atoms with Gasteiger partial charge in [0.25, 0.3) is 0 Å². The van der Waals surface area contributed by atoms with Crippen molar-refractivity contribution < 1.29 is 14.3 Å². The van der Waals surface area contributed by atoms with Gasteiger partial charge in [0.05, 0.1) is 13.0 Å². The number of carbonyl (C=O) groups excluding carboxylic acids is 2. The average molecular weight is 227 g/mol. The quantitative estimate of drug-likeness (QED) is 0.645. The van der Waals surface area contributed by atoms with E-state index in [9.17, 15) is 9.59 Å². The van der Waals surface area contributed by atoms with Gasteiger partial charge in [-0.25, -0.2) is 0 Å². The van der Waals surface area contributed by atoms with Gasteiger partial charge in [0.15, 0.2) is 0 Å². The van der Waals surface area contributed by atoms with Crippen molar-refractivity contribution >= 4 is 11.9 Å². The Hall–Kier alpha value is -1.06.